The molecule has 0 spiro atoms. The Morgan fingerprint density at radius 1 is 1.35 bits per heavy atom. The Morgan fingerprint density at radius 2 is 2.18 bits per heavy atom. The molecule has 3 unspecified atom stereocenters. The lowest BCUT2D eigenvalue weighted by atomic mass is 9.88. The van der Waals surface area contributed by atoms with Crippen molar-refractivity contribution in [1.82, 2.24) is 10.2 Å². The van der Waals surface area contributed by atoms with Crippen molar-refractivity contribution >= 4 is 5.91 Å². The Bertz CT molecular complexity index is 269. The van der Waals surface area contributed by atoms with E-state index in [0.29, 0.717) is 18.5 Å². The second kappa shape index (κ2) is 5.83. The Hall–Kier alpha value is -0.610. The van der Waals surface area contributed by atoms with Crippen LogP contribution in [0.4, 0.5) is 0 Å². The van der Waals surface area contributed by atoms with Gasteiger partial charge in [0.15, 0.2) is 0 Å². The van der Waals surface area contributed by atoms with Crippen LogP contribution in [-0.2, 0) is 4.79 Å². The van der Waals surface area contributed by atoms with Gasteiger partial charge in [0.2, 0.25) is 5.91 Å². The van der Waals surface area contributed by atoms with Gasteiger partial charge in [-0.25, -0.2) is 0 Å². The monoisotopic (exact) mass is 239 g/mol. The number of carbonyl (C=O) groups is 1. The lowest BCUT2D eigenvalue weighted by molar-refractivity contribution is -0.128. The van der Waals surface area contributed by atoms with Gasteiger partial charge in [-0.15, -0.1) is 0 Å². The zero-order valence-corrected chi connectivity index (χ0v) is 10.8. The van der Waals surface area contributed by atoms with Gasteiger partial charge in [-0.3, -0.25) is 9.69 Å². The van der Waals surface area contributed by atoms with E-state index in [-0.39, 0.29) is 11.9 Å². The Labute approximate surface area is 104 Å². The van der Waals surface area contributed by atoms with Crippen molar-refractivity contribution < 1.29 is 4.79 Å². The minimum absolute atomic E-state index is 0.0637. The molecular formula is C13H25N3O. The molecule has 2 aliphatic heterocycles. The number of likely N-dealkylation sites (tertiary alicyclic amines) is 1. The lowest BCUT2D eigenvalue weighted by Crippen LogP contribution is -2.57. The summed E-state index contributed by atoms with van der Waals surface area (Å²) in [7, 11) is 0. The molecule has 2 saturated heterocycles. The van der Waals surface area contributed by atoms with E-state index in [1.54, 1.807) is 0 Å². The van der Waals surface area contributed by atoms with E-state index in [4.69, 9.17) is 5.73 Å². The number of hydrogen-bond acceptors (Lipinski definition) is 3. The van der Waals surface area contributed by atoms with Gasteiger partial charge in [-0.1, -0.05) is 6.92 Å². The molecule has 0 aromatic carbocycles. The van der Waals surface area contributed by atoms with E-state index in [0.717, 1.165) is 32.4 Å². The average molecular weight is 239 g/mol. The maximum atomic E-state index is 12.1. The van der Waals surface area contributed by atoms with Crippen LogP contribution in [0, 0.1) is 5.92 Å². The highest BCUT2D eigenvalue weighted by atomic mass is 16.2. The van der Waals surface area contributed by atoms with Crippen LogP contribution >= 0.6 is 0 Å². The summed E-state index contributed by atoms with van der Waals surface area (Å²) in [5.74, 6) is 0.833. The van der Waals surface area contributed by atoms with Gasteiger partial charge in [0.25, 0.3) is 0 Å². The fourth-order valence-electron chi connectivity index (χ4n) is 3.28. The van der Waals surface area contributed by atoms with E-state index < -0.39 is 0 Å². The quantitative estimate of drug-likeness (QED) is 0.746. The number of rotatable bonds is 2. The van der Waals surface area contributed by atoms with Crippen molar-refractivity contribution in [2.75, 3.05) is 19.6 Å². The summed E-state index contributed by atoms with van der Waals surface area (Å²) in [6, 6.07) is 0.450. The van der Waals surface area contributed by atoms with E-state index in [9.17, 15) is 4.79 Å². The molecule has 3 N–H and O–H groups in total. The van der Waals surface area contributed by atoms with Crippen molar-refractivity contribution in [2.45, 2.75) is 51.1 Å². The van der Waals surface area contributed by atoms with Crippen molar-refractivity contribution in [3.63, 3.8) is 0 Å². The van der Waals surface area contributed by atoms with Gasteiger partial charge >= 0.3 is 0 Å². The molecular weight excluding hydrogens is 214 g/mol. The highest BCUT2D eigenvalue weighted by Gasteiger charge is 2.35. The standard InChI is InChI=1S/C13H25N3O/c1-10-5-4-8-16(12(10)9-14)11-6-2-3-7-15-13(11)17/h10-12H,2-9,14H2,1H3,(H,15,17). The van der Waals surface area contributed by atoms with E-state index in [2.05, 4.69) is 17.1 Å². The highest BCUT2D eigenvalue weighted by Crippen LogP contribution is 2.26. The third-order valence-electron chi connectivity index (χ3n) is 4.31. The van der Waals surface area contributed by atoms with Crippen LogP contribution in [0.1, 0.15) is 39.0 Å². The molecule has 0 aromatic heterocycles. The molecule has 0 aromatic rings. The minimum atomic E-state index is 0.0637. The first-order chi connectivity index (χ1) is 8.24. The number of nitrogens with zero attached hydrogens (tertiary/aromatic N) is 1. The second-order valence-corrected chi connectivity index (χ2v) is 5.46. The molecule has 2 fully saturated rings. The normalized spacial score (nSPS) is 36.4. The number of nitrogens with two attached hydrogens (primary N) is 1. The highest BCUT2D eigenvalue weighted by molar-refractivity contribution is 5.82. The first kappa shape index (κ1) is 12.8. The van der Waals surface area contributed by atoms with Crippen LogP contribution in [0.15, 0.2) is 0 Å². The molecule has 4 nitrogen and oxygen atoms in total. The molecule has 2 heterocycles. The first-order valence-electron chi connectivity index (χ1n) is 6.97. The first-order valence-corrected chi connectivity index (χ1v) is 6.97. The molecule has 2 aliphatic rings. The lowest BCUT2D eigenvalue weighted by Gasteiger charge is -2.43. The molecule has 17 heavy (non-hydrogen) atoms. The second-order valence-electron chi connectivity index (χ2n) is 5.46. The third-order valence-corrected chi connectivity index (χ3v) is 4.31. The van der Waals surface area contributed by atoms with Crippen LogP contribution < -0.4 is 11.1 Å². The maximum Gasteiger partial charge on any atom is 0.237 e. The number of carbonyl (C=O) groups excluding carboxylic acids is 1. The van der Waals surface area contributed by atoms with Crippen molar-refractivity contribution in [2.24, 2.45) is 11.7 Å². The average Bonchev–Trinajstić information content (AvgIpc) is 2.53. The van der Waals surface area contributed by atoms with Gasteiger partial charge in [0.1, 0.15) is 0 Å². The van der Waals surface area contributed by atoms with Crippen LogP contribution in [-0.4, -0.2) is 42.5 Å². The molecule has 0 bridgehead atoms. The van der Waals surface area contributed by atoms with Crippen molar-refractivity contribution in [3.8, 4) is 0 Å². The third kappa shape index (κ3) is 2.80. The molecule has 0 radical (unpaired) electrons. The SMILES string of the molecule is CC1CCCN(C2CCCCNC2=O)C1CN. The van der Waals surface area contributed by atoms with Gasteiger partial charge < -0.3 is 11.1 Å². The summed E-state index contributed by atoms with van der Waals surface area (Å²) >= 11 is 0. The number of nitrogens with one attached hydrogen (secondary N) is 1. The molecule has 3 atom stereocenters. The Morgan fingerprint density at radius 3 is 2.94 bits per heavy atom. The summed E-state index contributed by atoms with van der Waals surface area (Å²) in [6.45, 7) is 4.81. The summed E-state index contributed by atoms with van der Waals surface area (Å²) in [4.78, 5) is 14.5. The smallest absolute Gasteiger partial charge is 0.237 e. The van der Waals surface area contributed by atoms with Crippen LogP contribution in [0.25, 0.3) is 0 Å². The van der Waals surface area contributed by atoms with Crippen molar-refractivity contribution in [1.29, 1.82) is 0 Å². The number of hydrogen-bond donors (Lipinski definition) is 2. The van der Waals surface area contributed by atoms with Gasteiger partial charge in [0, 0.05) is 19.1 Å². The van der Waals surface area contributed by atoms with E-state index >= 15 is 0 Å². The Balaban J connectivity index is 2.09. The predicted molar refractivity (Wildman–Crippen MR) is 68.6 cm³/mol. The predicted octanol–water partition coefficient (Wildman–Crippen LogP) is 0.714. The number of piperidine rings is 1. The molecule has 1 amide bonds. The fourth-order valence-corrected chi connectivity index (χ4v) is 3.28. The van der Waals surface area contributed by atoms with Gasteiger partial charge in [-0.2, -0.15) is 0 Å². The molecule has 0 aliphatic carbocycles. The largest absolute Gasteiger partial charge is 0.355 e. The molecule has 4 heteroatoms. The summed E-state index contributed by atoms with van der Waals surface area (Å²) in [6.07, 6.45) is 5.69. The van der Waals surface area contributed by atoms with Crippen molar-refractivity contribution in [3.05, 3.63) is 0 Å². The van der Waals surface area contributed by atoms with Crippen LogP contribution in [0.5, 0.6) is 0 Å². The van der Waals surface area contributed by atoms with Gasteiger partial charge in [0.05, 0.1) is 6.04 Å². The minimum Gasteiger partial charge on any atom is -0.355 e. The molecule has 2 rings (SSSR count). The zero-order chi connectivity index (χ0) is 12.3. The summed E-state index contributed by atoms with van der Waals surface area (Å²) < 4.78 is 0. The van der Waals surface area contributed by atoms with Crippen LogP contribution in [0.3, 0.4) is 0 Å². The summed E-state index contributed by atoms with van der Waals surface area (Å²) in [5, 5.41) is 3.03. The topological polar surface area (TPSA) is 58.4 Å². The van der Waals surface area contributed by atoms with Crippen LogP contribution in [0.2, 0.25) is 0 Å². The molecule has 0 saturated carbocycles. The molecule has 98 valence electrons. The fraction of sp³-hybridized carbons (Fsp3) is 0.923. The maximum absolute atomic E-state index is 12.1. The summed E-state index contributed by atoms with van der Waals surface area (Å²) in [5.41, 5.74) is 5.90. The Kier molecular flexibility index (Phi) is 4.40. The van der Waals surface area contributed by atoms with E-state index in [1.807, 2.05) is 0 Å². The number of amides is 1. The van der Waals surface area contributed by atoms with E-state index in [1.165, 1.54) is 12.8 Å². The van der Waals surface area contributed by atoms with Gasteiger partial charge in [-0.05, 0) is 44.6 Å². The zero-order valence-electron chi connectivity index (χ0n) is 10.8.